The molecule has 4 aromatic rings. The van der Waals surface area contributed by atoms with Gasteiger partial charge in [0.15, 0.2) is 0 Å². The fourth-order valence-electron chi connectivity index (χ4n) is 3.54. The van der Waals surface area contributed by atoms with Gasteiger partial charge in [-0.3, -0.25) is 14.7 Å². The molecule has 0 atom stereocenters. The van der Waals surface area contributed by atoms with Crippen molar-refractivity contribution in [3.05, 3.63) is 85.5 Å². The average molecular weight is 426 g/mol. The number of ether oxygens (including phenoxy) is 2. The zero-order chi connectivity index (χ0) is 21.4. The van der Waals surface area contributed by atoms with Crippen LogP contribution in [0.15, 0.2) is 58.1 Å². The summed E-state index contributed by atoms with van der Waals surface area (Å²) in [6.07, 6.45) is 0. The summed E-state index contributed by atoms with van der Waals surface area (Å²) in [5.41, 5.74) is 1.99. The zero-order valence-electron chi connectivity index (χ0n) is 16.7. The number of hydrogen-bond acceptors (Lipinski definition) is 4. The number of rotatable bonds is 5. The summed E-state index contributed by atoms with van der Waals surface area (Å²) in [5.74, 6) is 1.25. The maximum absolute atomic E-state index is 13.1. The van der Waals surface area contributed by atoms with Crippen LogP contribution in [0.2, 0.25) is 5.02 Å². The Morgan fingerprint density at radius 3 is 2.33 bits per heavy atom. The lowest BCUT2D eigenvalue weighted by Gasteiger charge is -2.12. The molecule has 2 heterocycles. The van der Waals surface area contributed by atoms with Crippen molar-refractivity contribution >= 4 is 22.5 Å². The summed E-state index contributed by atoms with van der Waals surface area (Å²) in [4.78, 5) is 25.9. The normalized spacial score (nSPS) is 11.1. The van der Waals surface area contributed by atoms with Crippen LogP contribution in [-0.2, 0) is 6.54 Å². The van der Waals surface area contributed by atoms with Gasteiger partial charge in [-0.25, -0.2) is 4.68 Å². The Kier molecular flexibility index (Phi) is 5.13. The number of halogens is 1. The van der Waals surface area contributed by atoms with Crippen molar-refractivity contribution in [3.63, 3.8) is 0 Å². The van der Waals surface area contributed by atoms with E-state index < -0.39 is 0 Å². The van der Waals surface area contributed by atoms with Crippen molar-refractivity contribution in [1.29, 1.82) is 0 Å². The quantitative estimate of drug-likeness (QED) is 0.530. The van der Waals surface area contributed by atoms with Crippen LogP contribution >= 0.6 is 11.6 Å². The van der Waals surface area contributed by atoms with Gasteiger partial charge >= 0.3 is 0 Å². The highest BCUT2D eigenvalue weighted by Gasteiger charge is 2.16. The predicted octanol–water partition coefficient (Wildman–Crippen LogP) is 3.51. The van der Waals surface area contributed by atoms with E-state index in [-0.39, 0.29) is 17.7 Å². The minimum absolute atomic E-state index is 0.221. The third kappa shape index (κ3) is 3.48. The van der Waals surface area contributed by atoms with Gasteiger partial charge in [0, 0.05) is 22.8 Å². The largest absolute Gasteiger partial charge is 0.497 e. The lowest BCUT2D eigenvalue weighted by molar-refractivity contribution is 0.393. The Morgan fingerprint density at radius 1 is 1.00 bits per heavy atom. The molecular weight excluding hydrogens is 406 g/mol. The molecule has 0 unspecified atom stereocenters. The molecular formula is C22H20ClN3O4. The molecule has 0 radical (unpaired) electrons. The van der Waals surface area contributed by atoms with Gasteiger partial charge in [-0.2, -0.15) is 0 Å². The van der Waals surface area contributed by atoms with Crippen LogP contribution in [-0.4, -0.2) is 28.6 Å². The number of benzene rings is 2. The monoisotopic (exact) mass is 425 g/mol. The van der Waals surface area contributed by atoms with Gasteiger partial charge in [0.2, 0.25) is 0 Å². The molecule has 0 fully saturated rings. The van der Waals surface area contributed by atoms with E-state index in [1.165, 1.54) is 10.7 Å². The number of aromatic nitrogens is 3. The minimum atomic E-state index is -0.248. The first kappa shape index (κ1) is 19.8. The molecule has 1 N–H and O–H groups in total. The van der Waals surface area contributed by atoms with Crippen LogP contribution in [0, 0.1) is 6.92 Å². The maximum atomic E-state index is 13.1. The van der Waals surface area contributed by atoms with Gasteiger partial charge in [0.05, 0.1) is 37.4 Å². The smallest absolute Gasteiger partial charge is 0.280 e. The minimum Gasteiger partial charge on any atom is -0.497 e. The summed E-state index contributed by atoms with van der Waals surface area (Å²) in [6, 6.07) is 13.8. The molecule has 0 aliphatic heterocycles. The Labute approximate surface area is 177 Å². The second-order valence-corrected chi connectivity index (χ2v) is 7.33. The number of H-pyrrole nitrogens is 1. The Balaban J connectivity index is 1.86. The van der Waals surface area contributed by atoms with E-state index in [1.54, 1.807) is 56.0 Å². The van der Waals surface area contributed by atoms with E-state index in [0.29, 0.717) is 38.8 Å². The molecule has 154 valence electrons. The van der Waals surface area contributed by atoms with Crippen molar-refractivity contribution in [2.45, 2.75) is 13.5 Å². The number of nitrogens with zero attached hydrogens (tertiary/aromatic N) is 2. The van der Waals surface area contributed by atoms with Gasteiger partial charge in [0.25, 0.3) is 11.1 Å². The number of fused-ring (bicyclic) bond motifs is 1. The number of hydrogen-bond donors (Lipinski definition) is 1. The Morgan fingerprint density at radius 2 is 1.70 bits per heavy atom. The molecule has 0 aliphatic rings. The molecule has 7 nitrogen and oxygen atoms in total. The topological polar surface area (TPSA) is 78.2 Å². The first-order chi connectivity index (χ1) is 14.4. The molecule has 30 heavy (non-hydrogen) atoms. The van der Waals surface area contributed by atoms with Gasteiger partial charge in [0.1, 0.15) is 11.5 Å². The summed E-state index contributed by atoms with van der Waals surface area (Å²) in [5, 5.41) is 3.97. The Bertz CT molecular complexity index is 1350. The zero-order valence-corrected chi connectivity index (χ0v) is 17.5. The standard InChI is InChI=1S/C22H20ClN3O4/c1-13-21-19(24-26(22(21)28)16-6-4-5-15(23)9-16)11-20(27)25(13)12-14-7-17(29-2)10-18(8-14)30-3/h4-11,24H,12H2,1-3H3. The van der Waals surface area contributed by atoms with Crippen LogP contribution in [0.25, 0.3) is 16.6 Å². The van der Waals surface area contributed by atoms with E-state index in [0.717, 1.165) is 5.56 Å². The predicted molar refractivity (Wildman–Crippen MR) is 117 cm³/mol. The highest BCUT2D eigenvalue weighted by atomic mass is 35.5. The van der Waals surface area contributed by atoms with Crippen LogP contribution in [0.3, 0.4) is 0 Å². The van der Waals surface area contributed by atoms with Crippen molar-refractivity contribution in [3.8, 4) is 17.2 Å². The molecule has 0 spiro atoms. The number of pyridine rings is 1. The first-order valence-corrected chi connectivity index (χ1v) is 9.62. The van der Waals surface area contributed by atoms with Gasteiger partial charge in [-0.1, -0.05) is 17.7 Å². The van der Waals surface area contributed by atoms with Gasteiger partial charge in [-0.15, -0.1) is 0 Å². The summed E-state index contributed by atoms with van der Waals surface area (Å²) in [6.45, 7) is 2.04. The maximum Gasteiger partial charge on any atom is 0.280 e. The van der Waals surface area contributed by atoms with Crippen LogP contribution in [0.1, 0.15) is 11.3 Å². The number of aryl methyl sites for hydroxylation is 1. The van der Waals surface area contributed by atoms with Gasteiger partial charge < -0.3 is 14.0 Å². The van der Waals surface area contributed by atoms with Crippen LogP contribution in [0.5, 0.6) is 11.5 Å². The first-order valence-electron chi connectivity index (χ1n) is 9.24. The van der Waals surface area contributed by atoms with E-state index in [4.69, 9.17) is 21.1 Å². The number of nitrogens with one attached hydrogen (secondary N) is 1. The molecule has 2 aromatic heterocycles. The molecule has 0 amide bonds. The lowest BCUT2D eigenvalue weighted by Crippen LogP contribution is -2.23. The van der Waals surface area contributed by atoms with Crippen molar-refractivity contribution in [1.82, 2.24) is 14.3 Å². The second-order valence-electron chi connectivity index (χ2n) is 6.90. The molecule has 0 bridgehead atoms. The van der Waals surface area contributed by atoms with Gasteiger partial charge in [-0.05, 0) is 42.8 Å². The second kappa shape index (κ2) is 7.76. The summed E-state index contributed by atoms with van der Waals surface area (Å²) >= 11 is 6.06. The van der Waals surface area contributed by atoms with Crippen LogP contribution in [0.4, 0.5) is 0 Å². The van der Waals surface area contributed by atoms with E-state index in [2.05, 4.69) is 5.10 Å². The Hall–Kier alpha value is -3.45. The average Bonchev–Trinajstić information content (AvgIpc) is 3.06. The summed E-state index contributed by atoms with van der Waals surface area (Å²) in [7, 11) is 3.14. The lowest BCUT2D eigenvalue weighted by atomic mass is 10.1. The third-order valence-electron chi connectivity index (χ3n) is 5.04. The fraction of sp³-hybridized carbons (Fsp3) is 0.182. The van der Waals surface area contributed by atoms with E-state index >= 15 is 0 Å². The number of methoxy groups -OCH3 is 2. The van der Waals surface area contributed by atoms with Crippen LogP contribution < -0.4 is 20.6 Å². The fourth-order valence-corrected chi connectivity index (χ4v) is 3.73. The molecule has 2 aromatic carbocycles. The highest BCUT2D eigenvalue weighted by Crippen LogP contribution is 2.24. The molecule has 4 rings (SSSR count). The van der Waals surface area contributed by atoms with Crippen molar-refractivity contribution in [2.24, 2.45) is 0 Å². The van der Waals surface area contributed by atoms with E-state index in [1.807, 2.05) is 12.1 Å². The highest BCUT2D eigenvalue weighted by molar-refractivity contribution is 6.30. The summed E-state index contributed by atoms with van der Waals surface area (Å²) < 4.78 is 13.6. The molecule has 0 aliphatic carbocycles. The molecule has 0 saturated carbocycles. The van der Waals surface area contributed by atoms with Crippen molar-refractivity contribution < 1.29 is 9.47 Å². The van der Waals surface area contributed by atoms with Crippen molar-refractivity contribution in [2.75, 3.05) is 14.2 Å². The molecule has 8 heteroatoms. The SMILES string of the molecule is COc1cc(Cn2c(C)c3c(=O)n(-c4cccc(Cl)c4)[nH]c3cc2=O)cc(OC)c1. The third-order valence-corrected chi connectivity index (χ3v) is 5.27. The van der Waals surface area contributed by atoms with E-state index in [9.17, 15) is 9.59 Å². The number of aromatic amines is 1. The molecule has 0 saturated heterocycles.